The van der Waals surface area contributed by atoms with Crippen LogP contribution < -0.4 is 0 Å². The second kappa shape index (κ2) is 5.40. The molecule has 0 radical (unpaired) electrons. The van der Waals surface area contributed by atoms with Crippen LogP contribution in [0.5, 0.6) is 0 Å². The lowest BCUT2D eigenvalue weighted by atomic mass is 10.2. The summed E-state index contributed by atoms with van der Waals surface area (Å²) >= 11 is 5.43. The number of fused-ring (bicyclic) bond motifs is 1. The molecule has 3 heterocycles. The van der Waals surface area contributed by atoms with Gasteiger partial charge in [-0.25, -0.2) is 0 Å². The van der Waals surface area contributed by atoms with E-state index in [1.807, 2.05) is 18.5 Å². The fourth-order valence-corrected chi connectivity index (χ4v) is 3.04. The van der Waals surface area contributed by atoms with E-state index in [1.54, 1.807) is 0 Å². The maximum atomic E-state index is 5.43. The van der Waals surface area contributed by atoms with Gasteiger partial charge in [-0.15, -0.1) is 0 Å². The minimum Gasteiger partial charge on any atom is -0.379 e. The number of nitrogens with zero attached hydrogens (tertiary/aromatic N) is 3. The zero-order valence-corrected chi connectivity index (χ0v) is 11.8. The molecule has 1 N–H and O–H groups in total. The van der Waals surface area contributed by atoms with Crippen molar-refractivity contribution in [1.82, 2.24) is 19.4 Å². The third kappa shape index (κ3) is 2.56. The van der Waals surface area contributed by atoms with Gasteiger partial charge in [-0.2, -0.15) is 0 Å². The SMILES string of the molecule is CC(CN1CCOCC1)n1c(=S)[nH]c2cnccc21. The molecule has 19 heavy (non-hydrogen) atoms. The van der Waals surface area contributed by atoms with Gasteiger partial charge in [0.05, 0.1) is 30.4 Å². The number of aromatic nitrogens is 3. The highest BCUT2D eigenvalue weighted by Gasteiger charge is 2.17. The van der Waals surface area contributed by atoms with Crippen LogP contribution in [0.3, 0.4) is 0 Å². The number of hydrogen-bond donors (Lipinski definition) is 1. The van der Waals surface area contributed by atoms with E-state index in [9.17, 15) is 0 Å². The third-order valence-corrected chi connectivity index (χ3v) is 3.88. The summed E-state index contributed by atoms with van der Waals surface area (Å²) in [4.78, 5) is 9.77. The van der Waals surface area contributed by atoms with Crippen LogP contribution >= 0.6 is 12.2 Å². The number of ether oxygens (including phenoxy) is 1. The van der Waals surface area contributed by atoms with E-state index < -0.39 is 0 Å². The van der Waals surface area contributed by atoms with Crippen molar-refractivity contribution in [2.45, 2.75) is 13.0 Å². The minimum atomic E-state index is 0.335. The van der Waals surface area contributed by atoms with Gasteiger partial charge in [0.25, 0.3) is 0 Å². The molecule has 0 bridgehead atoms. The van der Waals surface area contributed by atoms with Crippen LogP contribution in [0.2, 0.25) is 0 Å². The molecular formula is C13H18N4OS. The van der Waals surface area contributed by atoms with Gasteiger partial charge in [-0.05, 0) is 25.2 Å². The van der Waals surface area contributed by atoms with Crippen molar-refractivity contribution in [2.24, 2.45) is 0 Å². The van der Waals surface area contributed by atoms with Gasteiger partial charge in [-0.3, -0.25) is 9.88 Å². The molecule has 0 amide bonds. The molecule has 1 fully saturated rings. The maximum absolute atomic E-state index is 5.43. The van der Waals surface area contributed by atoms with E-state index in [-0.39, 0.29) is 0 Å². The Kier molecular flexibility index (Phi) is 3.63. The van der Waals surface area contributed by atoms with Crippen molar-refractivity contribution in [3.8, 4) is 0 Å². The Bertz CT molecular complexity index is 614. The first kappa shape index (κ1) is 12.8. The van der Waals surface area contributed by atoms with Gasteiger partial charge >= 0.3 is 0 Å². The van der Waals surface area contributed by atoms with E-state index in [2.05, 4.69) is 26.4 Å². The monoisotopic (exact) mass is 278 g/mol. The molecule has 2 aromatic rings. The van der Waals surface area contributed by atoms with E-state index >= 15 is 0 Å². The van der Waals surface area contributed by atoms with Crippen molar-refractivity contribution in [3.63, 3.8) is 0 Å². The standard InChI is InChI=1S/C13H18N4OS/c1-10(9-16-4-6-18-7-5-16)17-12-2-3-14-8-11(12)15-13(17)19/h2-3,8,10H,4-7,9H2,1H3,(H,15,19). The molecule has 0 aliphatic carbocycles. The number of aromatic amines is 1. The molecule has 1 atom stereocenters. The van der Waals surface area contributed by atoms with Crippen LogP contribution in [0.15, 0.2) is 18.5 Å². The lowest BCUT2D eigenvalue weighted by Crippen LogP contribution is -2.39. The molecule has 102 valence electrons. The first-order valence-corrected chi connectivity index (χ1v) is 7.01. The lowest BCUT2D eigenvalue weighted by molar-refractivity contribution is 0.0327. The topological polar surface area (TPSA) is 46.1 Å². The number of morpholine rings is 1. The first-order valence-electron chi connectivity index (χ1n) is 6.60. The Hall–Kier alpha value is -1.24. The minimum absolute atomic E-state index is 0.335. The summed E-state index contributed by atoms with van der Waals surface area (Å²) in [5, 5.41) is 0. The smallest absolute Gasteiger partial charge is 0.178 e. The number of imidazole rings is 1. The Morgan fingerprint density at radius 3 is 3.05 bits per heavy atom. The largest absolute Gasteiger partial charge is 0.379 e. The molecule has 0 aromatic carbocycles. The van der Waals surface area contributed by atoms with Gasteiger partial charge in [0, 0.05) is 31.9 Å². The summed E-state index contributed by atoms with van der Waals surface area (Å²) < 4.78 is 8.33. The highest BCUT2D eigenvalue weighted by molar-refractivity contribution is 7.71. The first-order chi connectivity index (χ1) is 9.25. The van der Waals surface area contributed by atoms with Gasteiger partial charge in [0.1, 0.15) is 0 Å². The molecule has 1 saturated heterocycles. The predicted molar refractivity (Wildman–Crippen MR) is 76.9 cm³/mol. The van der Waals surface area contributed by atoms with Crippen LogP contribution in [0.1, 0.15) is 13.0 Å². The Labute approximate surface area is 117 Å². The second-order valence-electron chi connectivity index (χ2n) is 4.95. The van der Waals surface area contributed by atoms with Crippen LogP contribution in [0.4, 0.5) is 0 Å². The summed E-state index contributed by atoms with van der Waals surface area (Å²) in [6, 6.07) is 2.35. The normalized spacial score (nSPS) is 18.8. The lowest BCUT2D eigenvalue weighted by Gasteiger charge is -2.29. The fourth-order valence-electron chi connectivity index (χ4n) is 2.65. The highest BCUT2D eigenvalue weighted by atomic mass is 32.1. The number of hydrogen-bond acceptors (Lipinski definition) is 4. The van der Waals surface area contributed by atoms with Crippen LogP contribution in [0.25, 0.3) is 11.0 Å². The Morgan fingerprint density at radius 2 is 2.26 bits per heavy atom. The quantitative estimate of drug-likeness (QED) is 0.872. The van der Waals surface area contributed by atoms with Crippen molar-refractivity contribution < 1.29 is 4.74 Å². The highest BCUT2D eigenvalue weighted by Crippen LogP contribution is 2.19. The number of H-pyrrole nitrogens is 1. The number of rotatable bonds is 3. The Morgan fingerprint density at radius 1 is 1.47 bits per heavy atom. The molecule has 1 aliphatic heterocycles. The van der Waals surface area contributed by atoms with Crippen molar-refractivity contribution in [1.29, 1.82) is 0 Å². The summed E-state index contributed by atoms with van der Waals surface area (Å²) in [7, 11) is 0. The van der Waals surface area contributed by atoms with E-state index in [1.165, 1.54) is 0 Å². The summed E-state index contributed by atoms with van der Waals surface area (Å²) in [6.45, 7) is 6.86. The molecular weight excluding hydrogens is 260 g/mol. The molecule has 6 heteroatoms. The number of nitrogens with one attached hydrogen (secondary N) is 1. The summed E-state index contributed by atoms with van der Waals surface area (Å²) in [5.74, 6) is 0. The summed E-state index contributed by atoms with van der Waals surface area (Å²) in [5.41, 5.74) is 2.13. The van der Waals surface area contributed by atoms with Crippen LogP contribution in [-0.2, 0) is 4.74 Å². The maximum Gasteiger partial charge on any atom is 0.178 e. The Balaban J connectivity index is 1.86. The van der Waals surface area contributed by atoms with E-state index in [4.69, 9.17) is 17.0 Å². The van der Waals surface area contributed by atoms with Gasteiger partial charge < -0.3 is 14.3 Å². The fraction of sp³-hybridized carbons (Fsp3) is 0.538. The van der Waals surface area contributed by atoms with Crippen molar-refractivity contribution in [2.75, 3.05) is 32.8 Å². The van der Waals surface area contributed by atoms with Crippen LogP contribution in [-0.4, -0.2) is 52.3 Å². The number of pyridine rings is 1. The van der Waals surface area contributed by atoms with Gasteiger partial charge in [-0.1, -0.05) is 0 Å². The third-order valence-electron chi connectivity index (χ3n) is 3.58. The van der Waals surface area contributed by atoms with Crippen molar-refractivity contribution >= 4 is 23.3 Å². The predicted octanol–water partition coefficient (Wildman–Crippen LogP) is 1.99. The van der Waals surface area contributed by atoms with Crippen LogP contribution in [0, 0.1) is 4.77 Å². The van der Waals surface area contributed by atoms with Gasteiger partial charge in [0.2, 0.25) is 0 Å². The average molecular weight is 278 g/mol. The average Bonchev–Trinajstić information content (AvgIpc) is 2.75. The molecule has 3 rings (SSSR count). The molecule has 1 unspecified atom stereocenters. The molecule has 5 nitrogen and oxygen atoms in total. The molecule has 0 saturated carbocycles. The molecule has 2 aromatic heterocycles. The van der Waals surface area contributed by atoms with Crippen molar-refractivity contribution in [3.05, 3.63) is 23.2 Å². The molecule has 1 aliphatic rings. The molecule has 0 spiro atoms. The zero-order chi connectivity index (χ0) is 13.2. The zero-order valence-electron chi connectivity index (χ0n) is 11.0. The summed E-state index contributed by atoms with van der Waals surface area (Å²) in [6.07, 6.45) is 3.63. The van der Waals surface area contributed by atoms with Gasteiger partial charge in [0.15, 0.2) is 4.77 Å². The van der Waals surface area contributed by atoms with E-state index in [0.717, 1.165) is 48.7 Å². The second-order valence-corrected chi connectivity index (χ2v) is 5.34. The van der Waals surface area contributed by atoms with E-state index in [0.29, 0.717) is 6.04 Å².